The molecule has 3 aromatic rings. The SMILES string of the molecule is Cc1csc(-c2nc3ccccc3n2C(C)(C)C)c1N. The molecule has 2 heterocycles. The Morgan fingerprint density at radius 1 is 1.20 bits per heavy atom. The molecule has 4 heteroatoms. The third kappa shape index (κ3) is 1.91. The number of hydrogen-bond donors (Lipinski definition) is 1. The van der Waals surface area contributed by atoms with Crippen LogP contribution >= 0.6 is 11.3 Å². The van der Waals surface area contributed by atoms with Crippen molar-refractivity contribution in [3.8, 4) is 10.7 Å². The first-order valence-electron chi connectivity index (χ1n) is 6.71. The second kappa shape index (κ2) is 4.35. The molecule has 0 aliphatic carbocycles. The molecule has 0 amide bonds. The molecule has 3 nitrogen and oxygen atoms in total. The predicted octanol–water partition coefficient (Wildman–Crippen LogP) is 4.41. The zero-order valence-corrected chi connectivity index (χ0v) is 13.1. The van der Waals surface area contributed by atoms with Gasteiger partial charge in [0, 0.05) is 5.54 Å². The van der Waals surface area contributed by atoms with E-state index in [1.54, 1.807) is 11.3 Å². The second-order valence-electron chi connectivity index (χ2n) is 6.09. The highest BCUT2D eigenvalue weighted by Crippen LogP contribution is 2.38. The molecule has 0 spiro atoms. The van der Waals surface area contributed by atoms with Crippen LogP contribution in [0.25, 0.3) is 21.7 Å². The van der Waals surface area contributed by atoms with Crippen LogP contribution < -0.4 is 5.73 Å². The molecule has 104 valence electrons. The first-order chi connectivity index (χ1) is 9.39. The largest absolute Gasteiger partial charge is 0.397 e. The average Bonchev–Trinajstić information content (AvgIpc) is 2.90. The van der Waals surface area contributed by atoms with Gasteiger partial charge in [-0.25, -0.2) is 4.98 Å². The van der Waals surface area contributed by atoms with Crippen LogP contribution in [0.2, 0.25) is 0 Å². The summed E-state index contributed by atoms with van der Waals surface area (Å²) < 4.78 is 2.28. The van der Waals surface area contributed by atoms with Gasteiger partial charge in [0.25, 0.3) is 0 Å². The van der Waals surface area contributed by atoms with Crippen molar-refractivity contribution in [1.29, 1.82) is 0 Å². The van der Waals surface area contributed by atoms with E-state index in [0.29, 0.717) is 0 Å². The molecule has 1 aromatic carbocycles. The van der Waals surface area contributed by atoms with Crippen molar-refractivity contribution in [2.75, 3.05) is 5.73 Å². The van der Waals surface area contributed by atoms with Crippen LogP contribution in [-0.2, 0) is 5.54 Å². The highest BCUT2D eigenvalue weighted by molar-refractivity contribution is 7.14. The molecule has 0 saturated heterocycles. The van der Waals surface area contributed by atoms with E-state index in [4.69, 9.17) is 10.7 Å². The molecular formula is C16H19N3S. The number of nitrogens with zero attached hydrogens (tertiary/aromatic N) is 2. The number of benzene rings is 1. The van der Waals surface area contributed by atoms with E-state index in [-0.39, 0.29) is 5.54 Å². The molecule has 0 radical (unpaired) electrons. The number of anilines is 1. The minimum atomic E-state index is -0.0459. The molecule has 0 aliphatic rings. The number of hydrogen-bond acceptors (Lipinski definition) is 3. The van der Waals surface area contributed by atoms with E-state index in [1.807, 2.05) is 13.0 Å². The number of imidazole rings is 1. The second-order valence-corrected chi connectivity index (χ2v) is 6.97. The molecule has 2 N–H and O–H groups in total. The number of para-hydroxylation sites is 2. The molecule has 0 unspecified atom stereocenters. The maximum Gasteiger partial charge on any atom is 0.153 e. The summed E-state index contributed by atoms with van der Waals surface area (Å²) in [6, 6.07) is 8.25. The Bertz CT molecular complexity index is 775. The van der Waals surface area contributed by atoms with E-state index >= 15 is 0 Å². The molecule has 0 fully saturated rings. The highest BCUT2D eigenvalue weighted by atomic mass is 32.1. The summed E-state index contributed by atoms with van der Waals surface area (Å²) in [6.07, 6.45) is 0. The lowest BCUT2D eigenvalue weighted by Gasteiger charge is -2.24. The van der Waals surface area contributed by atoms with Crippen molar-refractivity contribution in [2.24, 2.45) is 0 Å². The average molecular weight is 285 g/mol. The predicted molar refractivity (Wildman–Crippen MR) is 87.2 cm³/mol. The van der Waals surface area contributed by atoms with Gasteiger partial charge in [0.15, 0.2) is 5.82 Å². The number of nitrogens with two attached hydrogens (primary N) is 1. The lowest BCUT2D eigenvalue weighted by atomic mass is 10.1. The summed E-state index contributed by atoms with van der Waals surface area (Å²) in [7, 11) is 0. The molecular weight excluding hydrogens is 266 g/mol. The van der Waals surface area contributed by atoms with Gasteiger partial charge >= 0.3 is 0 Å². The van der Waals surface area contributed by atoms with Crippen molar-refractivity contribution in [3.63, 3.8) is 0 Å². The minimum absolute atomic E-state index is 0.0459. The fourth-order valence-electron chi connectivity index (χ4n) is 2.48. The fraction of sp³-hybridized carbons (Fsp3) is 0.312. The topological polar surface area (TPSA) is 43.8 Å². The highest BCUT2D eigenvalue weighted by Gasteiger charge is 2.24. The van der Waals surface area contributed by atoms with Crippen LogP contribution in [0.1, 0.15) is 26.3 Å². The summed E-state index contributed by atoms with van der Waals surface area (Å²) in [5.41, 5.74) is 10.3. The minimum Gasteiger partial charge on any atom is -0.397 e. The third-order valence-corrected chi connectivity index (χ3v) is 4.57. The van der Waals surface area contributed by atoms with Gasteiger partial charge in [-0.2, -0.15) is 0 Å². The Morgan fingerprint density at radius 2 is 1.90 bits per heavy atom. The van der Waals surface area contributed by atoms with Gasteiger partial charge < -0.3 is 10.3 Å². The van der Waals surface area contributed by atoms with E-state index in [9.17, 15) is 0 Å². The van der Waals surface area contributed by atoms with Crippen LogP contribution in [0, 0.1) is 6.92 Å². The first kappa shape index (κ1) is 13.2. The van der Waals surface area contributed by atoms with Crippen LogP contribution in [-0.4, -0.2) is 9.55 Å². The van der Waals surface area contributed by atoms with Gasteiger partial charge in [0.05, 0.1) is 21.6 Å². The van der Waals surface area contributed by atoms with Crippen molar-refractivity contribution in [2.45, 2.75) is 33.2 Å². The Kier molecular flexibility index (Phi) is 2.87. The van der Waals surface area contributed by atoms with Crippen molar-refractivity contribution in [3.05, 3.63) is 35.2 Å². The maximum atomic E-state index is 6.23. The van der Waals surface area contributed by atoms with Crippen LogP contribution in [0.4, 0.5) is 5.69 Å². The van der Waals surface area contributed by atoms with E-state index in [1.165, 1.54) is 0 Å². The van der Waals surface area contributed by atoms with E-state index in [2.05, 4.69) is 48.9 Å². The zero-order chi connectivity index (χ0) is 14.5. The summed E-state index contributed by atoms with van der Waals surface area (Å²) in [5, 5.41) is 2.09. The Labute approximate surface area is 123 Å². The monoisotopic (exact) mass is 285 g/mol. The Balaban J connectivity index is 2.38. The number of rotatable bonds is 1. The smallest absolute Gasteiger partial charge is 0.153 e. The molecule has 0 aliphatic heterocycles. The maximum absolute atomic E-state index is 6.23. The van der Waals surface area contributed by atoms with Crippen molar-refractivity contribution >= 4 is 28.1 Å². The molecule has 3 rings (SSSR count). The van der Waals surface area contributed by atoms with Crippen molar-refractivity contribution < 1.29 is 0 Å². The fourth-order valence-corrected chi connectivity index (χ4v) is 3.44. The number of thiophene rings is 1. The van der Waals surface area contributed by atoms with Crippen LogP contribution in [0.3, 0.4) is 0 Å². The van der Waals surface area contributed by atoms with Gasteiger partial charge in [0.2, 0.25) is 0 Å². The van der Waals surface area contributed by atoms with E-state index in [0.717, 1.165) is 33.0 Å². The normalized spacial score (nSPS) is 12.2. The third-order valence-electron chi connectivity index (χ3n) is 3.46. The molecule has 20 heavy (non-hydrogen) atoms. The van der Waals surface area contributed by atoms with Gasteiger partial charge in [0.1, 0.15) is 0 Å². The van der Waals surface area contributed by atoms with E-state index < -0.39 is 0 Å². The number of aryl methyl sites for hydroxylation is 1. The zero-order valence-electron chi connectivity index (χ0n) is 12.3. The molecule has 0 atom stereocenters. The molecule has 0 bridgehead atoms. The Hall–Kier alpha value is -1.81. The van der Waals surface area contributed by atoms with Gasteiger partial charge in [-0.15, -0.1) is 11.3 Å². The lowest BCUT2D eigenvalue weighted by molar-refractivity contribution is 0.413. The number of nitrogen functional groups attached to an aromatic ring is 1. The summed E-state index contributed by atoms with van der Waals surface area (Å²) in [4.78, 5) is 5.88. The van der Waals surface area contributed by atoms with Gasteiger partial charge in [-0.05, 0) is 50.8 Å². The summed E-state index contributed by atoms with van der Waals surface area (Å²) >= 11 is 1.67. The Morgan fingerprint density at radius 3 is 2.50 bits per heavy atom. The van der Waals surface area contributed by atoms with Crippen LogP contribution in [0.5, 0.6) is 0 Å². The van der Waals surface area contributed by atoms with Crippen LogP contribution in [0.15, 0.2) is 29.6 Å². The summed E-state index contributed by atoms with van der Waals surface area (Å²) in [5.74, 6) is 0.967. The van der Waals surface area contributed by atoms with Gasteiger partial charge in [-0.3, -0.25) is 0 Å². The van der Waals surface area contributed by atoms with Gasteiger partial charge in [-0.1, -0.05) is 12.1 Å². The molecule has 2 aromatic heterocycles. The summed E-state index contributed by atoms with van der Waals surface area (Å²) in [6.45, 7) is 8.63. The number of aromatic nitrogens is 2. The quantitative estimate of drug-likeness (QED) is 0.719. The van der Waals surface area contributed by atoms with Crippen molar-refractivity contribution in [1.82, 2.24) is 9.55 Å². The standard InChI is InChI=1S/C16H19N3S/c1-10-9-20-14(13(10)17)15-18-11-7-5-6-8-12(11)19(15)16(2,3)4/h5-9H,17H2,1-4H3. The first-order valence-corrected chi connectivity index (χ1v) is 7.59. The lowest BCUT2D eigenvalue weighted by Crippen LogP contribution is -2.22. The number of fused-ring (bicyclic) bond motifs is 1. The molecule has 0 saturated carbocycles.